The molecule has 1 nitrogen and oxygen atoms in total. The van der Waals surface area contributed by atoms with Gasteiger partial charge in [-0.15, -0.1) is 0 Å². The third-order valence-corrected chi connectivity index (χ3v) is 5.81. The van der Waals surface area contributed by atoms with E-state index in [1.807, 2.05) is 0 Å². The largest absolute Gasteiger partial charge is 0.374 e. The Morgan fingerprint density at radius 2 is 1.71 bits per heavy atom. The average Bonchev–Trinajstić information content (AvgIpc) is 2.96. The topological polar surface area (TPSA) is 9.23 Å². The minimum atomic E-state index is -0.0685. The van der Waals surface area contributed by atoms with Gasteiger partial charge in [0.15, 0.2) is 0 Å². The molecule has 0 amide bonds. The van der Waals surface area contributed by atoms with E-state index in [4.69, 9.17) is 4.74 Å². The van der Waals surface area contributed by atoms with Crippen LogP contribution in [0.1, 0.15) is 41.3 Å². The minimum Gasteiger partial charge on any atom is -0.374 e. The van der Waals surface area contributed by atoms with E-state index in [9.17, 15) is 0 Å². The smallest absolute Gasteiger partial charge is 0.0820 e. The molecule has 21 heavy (non-hydrogen) atoms. The number of halogens is 1. The summed E-state index contributed by atoms with van der Waals surface area (Å²) in [5.74, 6) is 0. The molecule has 2 atom stereocenters. The Bertz CT molecular complexity index is 570. The van der Waals surface area contributed by atoms with E-state index in [-0.39, 0.29) is 10.4 Å². The van der Waals surface area contributed by atoms with Gasteiger partial charge in [-0.25, -0.2) is 0 Å². The van der Waals surface area contributed by atoms with Gasteiger partial charge in [-0.05, 0) is 42.9 Å². The van der Waals surface area contributed by atoms with Gasteiger partial charge in [-0.2, -0.15) is 0 Å². The number of hydrogen-bond donors (Lipinski definition) is 0. The number of ether oxygens (including phenoxy) is 1. The van der Waals surface area contributed by atoms with E-state index < -0.39 is 0 Å². The van der Waals surface area contributed by atoms with Crippen molar-refractivity contribution >= 4 is 15.9 Å². The molecule has 0 radical (unpaired) electrons. The van der Waals surface area contributed by atoms with Gasteiger partial charge >= 0.3 is 0 Å². The van der Waals surface area contributed by atoms with Crippen LogP contribution < -0.4 is 0 Å². The summed E-state index contributed by atoms with van der Waals surface area (Å²) in [6.45, 7) is 3.09. The van der Waals surface area contributed by atoms with Gasteiger partial charge in [0.05, 0.1) is 10.4 Å². The van der Waals surface area contributed by atoms with Crippen LogP contribution in [0.15, 0.2) is 54.6 Å². The van der Waals surface area contributed by atoms with Gasteiger partial charge in [0.1, 0.15) is 0 Å². The zero-order valence-electron chi connectivity index (χ0n) is 12.4. The minimum absolute atomic E-state index is 0.0685. The summed E-state index contributed by atoms with van der Waals surface area (Å²) in [6, 6.07) is 19.5. The molecule has 2 unspecified atom stereocenters. The first kappa shape index (κ1) is 14.8. The van der Waals surface area contributed by atoms with E-state index in [0.29, 0.717) is 0 Å². The molecule has 1 saturated heterocycles. The van der Waals surface area contributed by atoms with Crippen LogP contribution in [0.2, 0.25) is 0 Å². The average molecular weight is 345 g/mol. The number of rotatable bonds is 4. The second kappa shape index (κ2) is 6.33. The van der Waals surface area contributed by atoms with Crippen molar-refractivity contribution in [3.63, 3.8) is 0 Å². The first-order valence-corrected chi connectivity index (χ1v) is 8.50. The normalized spacial score (nSPS) is 23.1. The highest BCUT2D eigenvalue weighted by Gasteiger charge is 2.37. The maximum atomic E-state index is 5.94. The van der Waals surface area contributed by atoms with Crippen LogP contribution in [0.5, 0.6) is 0 Å². The Balaban J connectivity index is 1.72. The fraction of sp³-hybridized carbons (Fsp3) is 0.368. The summed E-state index contributed by atoms with van der Waals surface area (Å²) >= 11 is 3.84. The molecule has 0 bridgehead atoms. The highest BCUT2D eigenvalue weighted by atomic mass is 79.9. The van der Waals surface area contributed by atoms with Crippen LogP contribution in [0.4, 0.5) is 0 Å². The Morgan fingerprint density at radius 3 is 2.33 bits per heavy atom. The standard InChI is InChI=1S/C19H21BrO/c1-19(12-5-13-21-19)18(20)17-10-8-16(9-11-17)14-15-6-3-2-4-7-15/h2-4,6-11,18H,5,12-14H2,1H3. The SMILES string of the molecule is CC1(C(Br)c2ccc(Cc3ccccc3)cc2)CCCO1. The van der Waals surface area contributed by atoms with E-state index in [2.05, 4.69) is 77.5 Å². The molecule has 3 rings (SSSR count). The highest BCUT2D eigenvalue weighted by Crippen LogP contribution is 2.42. The molecule has 1 aliphatic heterocycles. The van der Waals surface area contributed by atoms with Crippen LogP contribution in [0.25, 0.3) is 0 Å². The van der Waals surface area contributed by atoms with Crippen molar-refractivity contribution in [1.29, 1.82) is 0 Å². The predicted octanol–water partition coefficient (Wildman–Crippen LogP) is 5.28. The van der Waals surface area contributed by atoms with Crippen molar-refractivity contribution in [2.45, 2.75) is 36.6 Å². The Morgan fingerprint density at radius 1 is 1.05 bits per heavy atom. The molecule has 110 valence electrons. The summed E-state index contributed by atoms with van der Waals surface area (Å²) in [7, 11) is 0. The van der Waals surface area contributed by atoms with Crippen molar-refractivity contribution in [3.05, 3.63) is 71.3 Å². The van der Waals surface area contributed by atoms with Crippen molar-refractivity contribution in [2.24, 2.45) is 0 Å². The molecule has 0 spiro atoms. The Hall–Kier alpha value is -1.12. The Kier molecular flexibility index (Phi) is 4.46. The van der Waals surface area contributed by atoms with Crippen LogP contribution in [0, 0.1) is 0 Å². The molecule has 0 saturated carbocycles. The summed E-state index contributed by atoms with van der Waals surface area (Å²) in [4.78, 5) is 0.262. The molecule has 1 heterocycles. The molecule has 0 aromatic heterocycles. The van der Waals surface area contributed by atoms with Crippen LogP contribution in [-0.2, 0) is 11.2 Å². The molecule has 0 aliphatic carbocycles. The maximum Gasteiger partial charge on any atom is 0.0820 e. The van der Waals surface area contributed by atoms with Crippen LogP contribution in [-0.4, -0.2) is 12.2 Å². The van der Waals surface area contributed by atoms with E-state index in [0.717, 1.165) is 25.9 Å². The zero-order valence-corrected chi connectivity index (χ0v) is 14.0. The molecule has 2 heteroatoms. The predicted molar refractivity (Wildman–Crippen MR) is 90.9 cm³/mol. The first-order valence-electron chi connectivity index (χ1n) is 7.58. The second-order valence-electron chi connectivity index (χ2n) is 6.03. The molecular formula is C19H21BrO. The molecule has 2 aromatic rings. The molecule has 0 N–H and O–H groups in total. The van der Waals surface area contributed by atoms with E-state index >= 15 is 0 Å². The highest BCUT2D eigenvalue weighted by molar-refractivity contribution is 9.09. The molecule has 1 aliphatic rings. The van der Waals surface area contributed by atoms with Crippen molar-refractivity contribution < 1.29 is 4.74 Å². The number of hydrogen-bond acceptors (Lipinski definition) is 1. The van der Waals surface area contributed by atoms with E-state index in [1.165, 1.54) is 16.7 Å². The third kappa shape index (κ3) is 3.38. The fourth-order valence-corrected chi connectivity index (χ4v) is 3.66. The lowest BCUT2D eigenvalue weighted by molar-refractivity contribution is 0.0197. The molecule has 1 fully saturated rings. The van der Waals surface area contributed by atoms with E-state index in [1.54, 1.807) is 0 Å². The van der Waals surface area contributed by atoms with Gasteiger partial charge in [0, 0.05) is 6.61 Å². The van der Waals surface area contributed by atoms with Crippen molar-refractivity contribution in [3.8, 4) is 0 Å². The van der Waals surface area contributed by atoms with Gasteiger partial charge in [0.25, 0.3) is 0 Å². The lowest BCUT2D eigenvalue weighted by Crippen LogP contribution is -2.28. The summed E-state index contributed by atoms with van der Waals surface area (Å²) in [5, 5.41) is 0. The van der Waals surface area contributed by atoms with Gasteiger partial charge < -0.3 is 4.74 Å². The van der Waals surface area contributed by atoms with Gasteiger partial charge in [-0.1, -0.05) is 70.5 Å². The summed E-state index contributed by atoms with van der Waals surface area (Å²) in [5.41, 5.74) is 3.94. The van der Waals surface area contributed by atoms with Gasteiger partial charge in [-0.3, -0.25) is 0 Å². The summed E-state index contributed by atoms with van der Waals surface area (Å²) < 4.78 is 5.94. The molecular weight excluding hydrogens is 324 g/mol. The number of benzene rings is 2. The maximum absolute atomic E-state index is 5.94. The number of alkyl halides is 1. The second-order valence-corrected chi connectivity index (χ2v) is 6.95. The third-order valence-electron chi connectivity index (χ3n) is 4.31. The van der Waals surface area contributed by atoms with Gasteiger partial charge in [0.2, 0.25) is 0 Å². The van der Waals surface area contributed by atoms with Crippen LogP contribution >= 0.6 is 15.9 Å². The van der Waals surface area contributed by atoms with Crippen molar-refractivity contribution in [1.82, 2.24) is 0 Å². The first-order chi connectivity index (χ1) is 10.2. The quantitative estimate of drug-likeness (QED) is 0.685. The zero-order chi connectivity index (χ0) is 14.7. The molecule has 2 aromatic carbocycles. The van der Waals surface area contributed by atoms with Crippen molar-refractivity contribution in [2.75, 3.05) is 6.61 Å². The monoisotopic (exact) mass is 344 g/mol. The van der Waals surface area contributed by atoms with Crippen LogP contribution in [0.3, 0.4) is 0 Å². The summed E-state index contributed by atoms with van der Waals surface area (Å²) in [6.07, 6.45) is 3.27. The fourth-order valence-electron chi connectivity index (χ4n) is 2.99. The lowest BCUT2D eigenvalue weighted by Gasteiger charge is -2.29. The Labute approximate surface area is 135 Å². The lowest BCUT2D eigenvalue weighted by atomic mass is 9.92.